The van der Waals surface area contributed by atoms with Crippen molar-refractivity contribution in [2.24, 2.45) is 5.73 Å². The van der Waals surface area contributed by atoms with Gasteiger partial charge in [0.25, 0.3) is 5.91 Å². The number of carbonyl (C=O) groups is 1. The minimum absolute atomic E-state index is 0.120. The van der Waals surface area contributed by atoms with Crippen molar-refractivity contribution >= 4 is 5.91 Å². The van der Waals surface area contributed by atoms with E-state index < -0.39 is 18.0 Å². The predicted octanol–water partition coefficient (Wildman–Crippen LogP) is 2.08. The third kappa shape index (κ3) is 3.86. The molecule has 1 aromatic carbocycles. The van der Waals surface area contributed by atoms with Crippen molar-refractivity contribution in [3.05, 3.63) is 23.8 Å². The molecule has 0 unspecified atom stereocenters. The van der Waals surface area contributed by atoms with Crippen molar-refractivity contribution in [1.29, 1.82) is 0 Å². The van der Waals surface area contributed by atoms with Gasteiger partial charge in [0.1, 0.15) is 11.5 Å². The topological polar surface area (TPSA) is 61.6 Å². The van der Waals surface area contributed by atoms with Gasteiger partial charge < -0.3 is 15.2 Å². The van der Waals surface area contributed by atoms with Gasteiger partial charge in [0.2, 0.25) is 0 Å². The molecule has 1 aromatic rings. The average molecular weight is 249 g/mol. The van der Waals surface area contributed by atoms with E-state index >= 15 is 0 Å². The number of halogens is 3. The Balaban J connectivity index is 3.05. The fourth-order valence-electron chi connectivity index (χ4n) is 1.18. The monoisotopic (exact) mass is 249 g/mol. The van der Waals surface area contributed by atoms with E-state index in [0.29, 0.717) is 0 Å². The van der Waals surface area contributed by atoms with E-state index in [1.54, 1.807) is 6.92 Å². The summed E-state index contributed by atoms with van der Waals surface area (Å²) in [4.78, 5) is 11.0. The Morgan fingerprint density at radius 1 is 1.41 bits per heavy atom. The molecular weight excluding hydrogens is 239 g/mol. The second kappa shape index (κ2) is 4.94. The normalized spacial score (nSPS) is 11.1. The van der Waals surface area contributed by atoms with Crippen molar-refractivity contribution in [3.63, 3.8) is 0 Å². The van der Waals surface area contributed by atoms with E-state index in [0.717, 1.165) is 12.1 Å². The van der Waals surface area contributed by atoms with Crippen LogP contribution in [0, 0.1) is 0 Å². The molecule has 1 rings (SSSR count). The number of ether oxygens (including phenoxy) is 2. The van der Waals surface area contributed by atoms with Crippen LogP contribution in [0.5, 0.6) is 11.5 Å². The van der Waals surface area contributed by atoms with Gasteiger partial charge in [0.15, 0.2) is 0 Å². The molecule has 17 heavy (non-hydrogen) atoms. The van der Waals surface area contributed by atoms with Crippen LogP contribution in [0.3, 0.4) is 0 Å². The molecular formula is C10H10F3NO3. The summed E-state index contributed by atoms with van der Waals surface area (Å²) in [6.07, 6.45) is -4.82. The summed E-state index contributed by atoms with van der Waals surface area (Å²) in [5, 5.41) is 0. The standard InChI is InChI=1S/C10H10F3NO3/c1-2-16-8-4-3-6(17-10(11,12)13)5-7(8)9(14)15/h3-5H,2H2,1H3,(H2,14,15). The van der Waals surface area contributed by atoms with Crippen molar-refractivity contribution < 1.29 is 27.4 Å². The lowest BCUT2D eigenvalue weighted by Crippen LogP contribution is -2.18. The summed E-state index contributed by atoms with van der Waals surface area (Å²) in [5.41, 5.74) is 4.86. The SMILES string of the molecule is CCOc1ccc(OC(F)(F)F)cc1C(N)=O. The molecule has 94 valence electrons. The maximum atomic E-state index is 12.0. The van der Waals surface area contributed by atoms with Gasteiger partial charge in [-0.25, -0.2) is 0 Å². The summed E-state index contributed by atoms with van der Waals surface area (Å²) in [6, 6.07) is 3.14. The lowest BCUT2D eigenvalue weighted by Gasteiger charge is -2.12. The van der Waals surface area contributed by atoms with Crippen LogP contribution in [0.1, 0.15) is 17.3 Å². The number of carbonyl (C=O) groups excluding carboxylic acids is 1. The molecule has 0 aliphatic rings. The smallest absolute Gasteiger partial charge is 0.493 e. The minimum atomic E-state index is -4.82. The molecule has 1 amide bonds. The lowest BCUT2D eigenvalue weighted by molar-refractivity contribution is -0.274. The van der Waals surface area contributed by atoms with Gasteiger partial charge in [-0.1, -0.05) is 0 Å². The Labute approximate surface area is 95.1 Å². The molecule has 0 aliphatic carbocycles. The lowest BCUT2D eigenvalue weighted by atomic mass is 10.2. The Morgan fingerprint density at radius 3 is 2.53 bits per heavy atom. The van der Waals surface area contributed by atoms with Crippen LogP contribution in [0.25, 0.3) is 0 Å². The zero-order chi connectivity index (χ0) is 13.1. The molecule has 0 radical (unpaired) electrons. The molecule has 7 heteroatoms. The summed E-state index contributed by atoms with van der Waals surface area (Å²) in [7, 11) is 0. The van der Waals surface area contributed by atoms with E-state index in [4.69, 9.17) is 10.5 Å². The number of benzene rings is 1. The van der Waals surface area contributed by atoms with Gasteiger partial charge in [-0.2, -0.15) is 0 Å². The summed E-state index contributed by atoms with van der Waals surface area (Å²) >= 11 is 0. The van der Waals surface area contributed by atoms with Crippen LogP contribution in [-0.4, -0.2) is 18.9 Å². The molecule has 2 N–H and O–H groups in total. The maximum Gasteiger partial charge on any atom is 0.573 e. The number of primary amides is 1. The number of nitrogens with two attached hydrogens (primary N) is 1. The van der Waals surface area contributed by atoms with Crippen LogP contribution in [0.4, 0.5) is 13.2 Å². The summed E-state index contributed by atoms with van der Waals surface area (Å²) < 4.78 is 44.6. The first kappa shape index (κ1) is 13.1. The largest absolute Gasteiger partial charge is 0.573 e. The van der Waals surface area contributed by atoms with Crippen LogP contribution < -0.4 is 15.2 Å². The Morgan fingerprint density at radius 2 is 2.06 bits per heavy atom. The fraction of sp³-hybridized carbons (Fsp3) is 0.300. The molecule has 0 saturated heterocycles. The minimum Gasteiger partial charge on any atom is -0.493 e. The van der Waals surface area contributed by atoms with Gasteiger partial charge >= 0.3 is 6.36 Å². The van der Waals surface area contributed by atoms with Crippen molar-refractivity contribution in [1.82, 2.24) is 0 Å². The highest BCUT2D eigenvalue weighted by atomic mass is 19.4. The number of hydrogen-bond donors (Lipinski definition) is 1. The predicted molar refractivity (Wildman–Crippen MR) is 52.8 cm³/mol. The Kier molecular flexibility index (Phi) is 3.82. The highest BCUT2D eigenvalue weighted by Crippen LogP contribution is 2.28. The van der Waals surface area contributed by atoms with Gasteiger partial charge in [-0.05, 0) is 25.1 Å². The van der Waals surface area contributed by atoms with Crippen LogP contribution >= 0.6 is 0 Å². The highest BCUT2D eigenvalue weighted by molar-refractivity contribution is 5.96. The number of rotatable bonds is 4. The van der Waals surface area contributed by atoms with Crippen LogP contribution in [-0.2, 0) is 0 Å². The quantitative estimate of drug-likeness (QED) is 0.888. The number of hydrogen-bond acceptors (Lipinski definition) is 3. The first-order chi connectivity index (χ1) is 7.83. The number of alkyl halides is 3. The zero-order valence-corrected chi connectivity index (χ0v) is 8.88. The Bertz CT molecular complexity index is 418. The van der Waals surface area contributed by atoms with Gasteiger partial charge in [-0.3, -0.25) is 4.79 Å². The van der Waals surface area contributed by atoms with E-state index in [9.17, 15) is 18.0 Å². The zero-order valence-electron chi connectivity index (χ0n) is 8.88. The fourth-order valence-corrected chi connectivity index (χ4v) is 1.18. The summed E-state index contributed by atoms with van der Waals surface area (Å²) in [5.74, 6) is -1.29. The molecule has 0 aromatic heterocycles. The van der Waals surface area contributed by atoms with Crippen molar-refractivity contribution in [2.45, 2.75) is 13.3 Å². The van der Waals surface area contributed by atoms with Gasteiger partial charge in [-0.15, -0.1) is 13.2 Å². The van der Waals surface area contributed by atoms with Gasteiger partial charge in [0, 0.05) is 0 Å². The molecule has 0 aliphatic heterocycles. The number of amides is 1. The maximum absolute atomic E-state index is 12.0. The Hall–Kier alpha value is -1.92. The second-order valence-electron chi connectivity index (χ2n) is 3.00. The molecule has 0 atom stereocenters. The highest BCUT2D eigenvalue weighted by Gasteiger charge is 2.31. The van der Waals surface area contributed by atoms with Crippen molar-refractivity contribution in [3.8, 4) is 11.5 Å². The molecule has 0 spiro atoms. The van der Waals surface area contributed by atoms with E-state index in [2.05, 4.69) is 4.74 Å². The van der Waals surface area contributed by atoms with Gasteiger partial charge in [0.05, 0.1) is 12.2 Å². The van der Waals surface area contributed by atoms with Crippen LogP contribution in [0.15, 0.2) is 18.2 Å². The van der Waals surface area contributed by atoms with E-state index in [-0.39, 0.29) is 17.9 Å². The molecule has 0 saturated carbocycles. The van der Waals surface area contributed by atoms with Crippen molar-refractivity contribution in [2.75, 3.05) is 6.61 Å². The third-order valence-corrected chi connectivity index (χ3v) is 1.75. The second-order valence-corrected chi connectivity index (χ2v) is 3.00. The first-order valence-corrected chi connectivity index (χ1v) is 4.66. The van der Waals surface area contributed by atoms with E-state index in [1.807, 2.05) is 0 Å². The molecule has 0 heterocycles. The van der Waals surface area contributed by atoms with Crippen LogP contribution in [0.2, 0.25) is 0 Å². The molecule has 0 bridgehead atoms. The van der Waals surface area contributed by atoms with E-state index in [1.165, 1.54) is 6.07 Å². The average Bonchev–Trinajstić information content (AvgIpc) is 2.18. The third-order valence-electron chi connectivity index (χ3n) is 1.75. The molecule has 4 nitrogen and oxygen atoms in total. The molecule has 0 fully saturated rings. The summed E-state index contributed by atoms with van der Waals surface area (Å²) in [6.45, 7) is 1.94. The first-order valence-electron chi connectivity index (χ1n) is 4.66.